The molecule has 1 aromatic rings. The molecule has 0 aromatic heterocycles. The Kier molecular flexibility index (Phi) is 10.9. The minimum atomic E-state index is -0.422. The molecule has 3 rings (SSSR count). The molecule has 0 radical (unpaired) electrons. The lowest BCUT2D eigenvalue weighted by molar-refractivity contribution is -0.122. The average molecular weight is 505 g/mol. The number of likely N-dealkylation sites (N-methyl/N-ethyl adjacent to an activating group) is 1. The lowest BCUT2D eigenvalue weighted by Gasteiger charge is -2.28. The Morgan fingerprint density at radius 2 is 1.97 bits per heavy atom. The van der Waals surface area contributed by atoms with Gasteiger partial charge in [-0.25, -0.2) is 0 Å². The van der Waals surface area contributed by atoms with Crippen molar-refractivity contribution in [1.82, 2.24) is 5.32 Å². The quantitative estimate of drug-likeness (QED) is 0.305. The third-order valence-electron chi connectivity index (χ3n) is 6.60. The molecule has 1 heterocycles. The van der Waals surface area contributed by atoms with Crippen LogP contribution >= 0.6 is 23.2 Å². The topological polar surface area (TPSA) is 44.7 Å². The first kappa shape index (κ1) is 28.2. The van der Waals surface area contributed by atoms with Crippen LogP contribution in [0.1, 0.15) is 71.8 Å². The molecule has 0 atom stereocenters. The zero-order valence-electron chi connectivity index (χ0n) is 21.3. The van der Waals surface area contributed by atoms with Crippen LogP contribution in [0.5, 0.6) is 0 Å². The summed E-state index contributed by atoms with van der Waals surface area (Å²) in [6.07, 6.45) is 12.5. The molecular weight excluding hydrogens is 465 g/mol. The van der Waals surface area contributed by atoms with E-state index in [0.717, 1.165) is 35.5 Å². The number of carbonyl (C=O) groups excluding carboxylic acids is 1. The fraction of sp³-hybridized carbons (Fsp3) is 0.500. The normalized spacial score (nSPS) is 18.6. The summed E-state index contributed by atoms with van der Waals surface area (Å²) in [6, 6.07) is 5.85. The molecule has 1 N–H and O–H groups in total. The third-order valence-corrected chi connectivity index (χ3v) is 7.04. The molecule has 1 amide bonds. The first-order valence-corrected chi connectivity index (χ1v) is 12.9. The Morgan fingerprint density at radius 3 is 2.56 bits per heavy atom. The molecule has 0 bridgehead atoms. The molecule has 6 heteroatoms. The molecule has 1 saturated carbocycles. The van der Waals surface area contributed by atoms with Crippen molar-refractivity contribution >= 4 is 41.0 Å². The number of benzene rings is 1. The SMILES string of the molecule is C=C(NC)/C(=C/C(Cl)=C\N=CC)CC.CC1(C)C(=O)N(CC2CCCCC2)c2cc(Cl)ccc21. The lowest BCUT2D eigenvalue weighted by Crippen LogP contribution is -2.39. The van der Waals surface area contributed by atoms with Crippen molar-refractivity contribution in [2.24, 2.45) is 10.9 Å². The maximum absolute atomic E-state index is 12.8. The summed E-state index contributed by atoms with van der Waals surface area (Å²) in [5.41, 5.74) is 3.69. The summed E-state index contributed by atoms with van der Waals surface area (Å²) in [5.74, 6) is 0.869. The van der Waals surface area contributed by atoms with E-state index in [1.165, 1.54) is 32.1 Å². The van der Waals surface area contributed by atoms with E-state index in [2.05, 4.69) is 23.8 Å². The lowest BCUT2D eigenvalue weighted by atomic mass is 9.86. The summed E-state index contributed by atoms with van der Waals surface area (Å²) in [5, 5.41) is 4.31. The number of fused-ring (bicyclic) bond motifs is 1. The van der Waals surface area contributed by atoms with Gasteiger partial charge in [-0.2, -0.15) is 0 Å². The number of halogens is 2. The number of allylic oxidation sites excluding steroid dienone is 3. The van der Waals surface area contributed by atoms with Crippen molar-refractivity contribution in [3.05, 3.63) is 63.9 Å². The molecule has 0 saturated heterocycles. The summed E-state index contributed by atoms with van der Waals surface area (Å²) in [7, 11) is 1.84. The smallest absolute Gasteiger partial charge is 0.237 e. The maximum Gasteiger partial charge on any atom is 0.237 e. The second-order valence-electron chi connectivity index (χ2n) is 9.38. The molecule has 1 aliphatic carbocycles. The van der Waals surface area contributed by atoms with Gasteiger partial charge in [0.05, 0.1) is 10.4 Å². The van der Waals surface area contributed by atoms with Gasteiger partial charge in [0.15, 0.2) is 0 Å². The van der Waals surface area contributed by atoms with Crippen molar-refractivity contribution < 1.29 is 4.79 Å². The monoisotopic (exact) mass is 503 g/mol. The maximum atomic E-state index is 12.8. The molecule has 1 fully saturated rings. The number of nitrogens with one attached hydrogen (secondary N) is 1. The van der Waals surface area contributed by atoms with Gasteiger partial charge in [0.25, 0.3) is 0 Å². The Balaban J connectivity index is 0.000000259. The zero-order chi connectivity index (χ0) is 25.3. The molecule has 2 aliphatic rings. The van der Waals surface area contributed by atoms with Crippen molar-refractivity contribution in [3.8, 4) is 0 Å². The van der Waals surface area contributed by atoms with Gasteiger partial charge in [0.1, 0.15) is 0 Å². The standard InChI is InChI=1S/C17H22ClNO.C11H17ClN2/c1-17(2)14-9-8-13(18)10-15(14)19(16(17)20)11-12-6-4-3-5-7-12;1-5-10(9(3)13-4)7-11(12)8-14-6-2/h8-10,12H,3-7,11H2,1-2H3;6-8,13H,3,5H2,1-2,4H3/b;10-7+,11-8+,14-6?. The molecular formula is C28H39Cl2N3O. The highest BCUT2D eigenvalue weighted by molar-refractivity contribution is 6.31. The number of nitrogens with zero attached hydrogens (tertiary/aromatic N) is 2. The third kappa shape index (κ3) is 7.23. The van der Waals surface area contributed by atoms with Gasteiger partial charge in [0.2, 0.25) is 5.91 Å². The van der Waals surface area contributed by atoms with Gasteiger partial charge in [-0.1, -0.05) is 62.0 Å². The van der Waals surface area contributed by atoms with Crippen LogP contribution in [0.25, 0.3) is 0 Å². The minimum absolute atomic E-state index is 0.223. The molecule has 34 heavy (non-hydrogen) atoms. The summed E-state index contributed by atoms with van der Waals surface area (Å²) in [6.45, 7) is 12.7. The Morgan fingerprint density at radius 1 is 1.29 bits per heavy atom. The molecule has 0 unspecified atom stereocenters. The predicted molar refractivity (Wildman–Crippen MR) is 148 cm³/mol. The second-order valence-corrected chi connectivity index (χ2v) is 10.3. The average Bonchev–Trinajstić information content (AvgIpc) is 3.01. The van der Waals surface area contributed by atoms with Crippen LogP contribution < -0.4 is 10.2 Å². The molecule has 186 valence electrons. The van der Waals surface area contributed by atoms with E-state index in [9.17, 15) is 4.79 Å². The van der Waals surface area contributed by atoms with E-state index >= 15 is 0 Å². The number of amides is 1. The van der Waals surface area contributed by atoms with Crippen molar-refractivity contribution in [2.45, 2.75) is 71.6 Å². The Hall–Kier alpha value is -2.04. The number of hydrogen-bond acceptors (Lipinski definition) is 3. The van der Waals surface area contributed by atoms with Gasteiger partial charge in [0, 0.05) is 42.4 Å². The first-order chi connectivity index (χ1) is 16.1. The van der Waals surface area contributed by atoms with Crippen molar-refractivity contribution in [3.63, 3.8) is 0 Å². The van der Waals surface area contributed by atoms with Gasteiger partial charge in [-0.3, -0.25) is 9.79 Å². The Labute approximate surface area is 215 Å². The van der Waals surface area contributed by atoms with Crippen molar-refractivity contribution in [1.29, 1.82) is 0 Å². The highest BCUT2D eigenvalue weighted by atomic mass is 35.5. The van der Waals surface area contributed by atoms with Crippen molar-refractivity contribution in [2.75, 3.05) is 18.5 Å². The number of anilines is 1. The van der Waals surface area contributed by atoms with Gasteiger partial charge in [-0.05, 0) is 75.3 Å². The first-order valence-electron chi connectivity index (χ1n) is 12.2. The largest absolute Gasteiger partial charge is 0.388 e. The molecule has 1 aliphatic heterocycles. The van der Waals surface area contributed by atoms with Crippen LogP contribution in [-0.2, 0) is 10.2 Å². The summed E-state index contributed by atoms with van der Waals surface area (Å²) in [4.78, 5) is 18.7. The van der Waals surface area contributed by atoms with Crippen LogP contribution in [0.15, 0.2) is 58.3 Å². The highest BCUT2D eigenvalue weighted by Gasteiger charge is 2.44. The van der Waals surface area contributed by atoms with E-state index in [-0.39, 0.29) is 5.91 Å². The second kappa shape index (κ2) is 13.2. The van der Waals surface area contributed by atoms with E-state index in [1.807, 2.05) is 57.0 Å². The highest BCUT2D eigenvalue weighted by Crippen LogP contribution is 2.43. The molecule has 0 spiro atoms. The van der Waals surface area contributed by atoms with Gasteiger partial charge < -0.3 is 10.2 Å². The van der Waals surface area contributed by atoms with Crippen LogP contribution in [0, 0.1) is 5.92 Å². The summed E-state index contributed by atoms with van der Waals surface area (Å²) < 4.78 is 0. The fourth-order valence-corrected chi connectivity index (χ4v) is 4.89. The Bertz CT molecular complexity index is 956. The fourth-order valence-electron chi connectivity index (χ4n) is 4.54. The number of aliphatic imine (C=N–C) groups is 1. The van der Waals surface area contributed by atoms with Crippen LogP contribution in [0.3, 0.4) is 0 Å². The molecule has 1 aromatic carbocycles. The van der Waals surface area contributed by atoms with E-state index in [4.69, 9.17) is 23.2 Å². The predicted octanol–water partition coefficient (Wildman–Crippen LogP) is 7.77. The minimum Gasteiger partial charge on any atom is -0.388 e. The van der Waals surface area contributed by atoms with Crippen LogP contribution in [0.4, 0.5) is 5.69 Å². The van der Waals surface area contributed by atoms with E-state index in [0.29, 0.717) is 16.0 Å². The number of hydrogen-bond donors (Lipinski definition) is 1. The van der Waals surface area contributed by atoms with Crippen LogP contribution in [-0.4, -0.2) is 25.7 Å². The van der Waals surface area contributed by atoms with Gasteiger partial charge in [-0.15, -0.1) is 0 Å². The number of rotatable bonds is 7. The molecule has 4 nitrogen and oxygen atoms in total. The van der Waals surface area contributed by atoms with Gasteiger partial charge >= 0.3 is 0 Å². The number of carbonyl (C=O) groups is 1. The van der Waals surface area contributed by atoms with E-state index < -0.39 is 5.41 Å². The summed E-state index contributed by atoms with van der Waals surface area (Å²) >= 11 is 12.1. The van der Waals surface area contributed by atoms with E-state index in [1.54, 1.807) is 12.4 Å². The van der Waals surface area contributed by atoms with Crippen LogP contribution in [0.2, 0.25) is 5.02 Å². The zero-order valence-corrected chi connectivity index (χ0v) is 22.8.